The number of rotatable bonds is 6. The van der Waals surface area contributed by atoms with E-state index in [-0.39, 0.29) is 11.2 Å². The second-order valence-corrected chi connectivity index (χ2v) is 8.05. The van der Waals surface area contributed by atoms with Gasteiger partial charge in [-0.25, -0.2) is 0 Å². The van der Waals surface area contributed by atoms with Crippen LogP contribution in [-0.4, -0.2) is 47.8 Å². The minimum absolute atomic E-state index is 0.0458. The summed E-state index contributed by atoms with van der Waals surface area (Å²) in [5.74, 6) is 0.561. The highest BCUT2D eigenvalue weighted by molar-refractivity contribution is 5.06. The van der Waals surface area contributed by atoms with Gasteiger partial charge in [0.05, 0.1) is 11.2 Å². The van der Waals surface area contributed by atoms with Gasteiger partial charge in [0, 0.05) is 24.5 Å². The van der Waals surface area contributed by atoms with Crippen LogP contribution in [0.1, 0.15) is 67.2 Å². The predicted octanol–water partition coefficient (Wildman–Crippen LogP) is 3.43. The van der Waals surface area contributed by atoms with E-state index in [1.54, 1.807) is 0 Å². The van der Waals surface area contributed by atoms with E-state index >= 15 is 0 Å². The molecule has 0 radical (unpaired) electrons. The van der Waals surface area contributed by atoms with Crippen molar-refractivity contribution >= 4 is 0 Å². The molecule has 3 atom stereocenters. The van der Waals surface area contributed by atoms with E-state index < -0.39 is 0 Å². The van der Waals surface area contributed by atoms with Crippen LogP contribution < -0.4 is 5.32 Å². The van der Waals surface area contributed by atoms with E-state index in [0.29, 0.717) is 12.0 Å². The van der Waals surface area contributed by atoms with E-state index in [1.165, 1.54) is 38.8 Å². The lowest BCUT2D eigenvalue weighted by Crippen LogP contribution is -2.51. The molecule has 124 valence electrons. The first-order valence-electron chi connectivity index (χ1n) is 8.99. The van der Waals surface area contributed by atoms with E-state index in [4.69, 9.17) is 4.74 Å². The molecule has 0 aromatic heterocycles. The molecule has 0 spiro atoms. The third-order valence-corrected chi connectivity index (χ3v) is 5.59. The molecule has 0 bridgehead atoms. The van der Waals surface area contributed by atoms with E-state index in [0.717, 1.165) is 12.6 Å². The Morgan fingerprint density at radius 3 is 2.48 bits per heavy atom. The van der Waals surface area contributed by atoms with Crippen molar-refractivity contribution in [3.63, 3.8) is 0 Å². The minimum atomic E-state index is -0.0786. The molecule has 0 saturated carbocycles. The van der Waals surface area contributed by atoms with Crippen LogP contribution in [0.4, 0.5) is 0 Å². The Bertz CT molecular complexity index is 340. The average molecular weight is 296 g/mol. The molecular weight excluding hydrogens is 260 g/mol. The Labute approximate surface area is 131 Å². The summed E-state index contributed by atoms with van der Waals surface area (Å²) in [6.45, 7) is 17.2. The Morgan fingerprint density at radius 2 is 1.86 bits per heavy atom. The highest BCUT2D eigenvalue weighted by Crippen LogP contribution is 2.43. The molecule has 0 aliphatic carbocycles. The maximum atomic E-state index is 6.45. The number of nitrogens with one attached hydrogen (secondary N) is 1. The van der Waals surface area contributed by atoms with Crippen LogP contribution in [0, 0.1) is 5.92 Å². The molecule has 2 saturated heterocycles. The summed E-state index contributed by atoms with van der Waals surface area (Å²) < 4.78 is 6.45. The molecule has 0 aromatic carbocycles. The summed E-state index contributed by atoms with van der Waals surface area (Å²) in [4.78, 5) is 2.72. The van der Waals surface area contributed by atoms with Crippen molar-refractivity contribution in [3.8, 4) is 0 Å². The van der Waals surface area contributed by atoms with Gasteiger partial charge in [0.25, 0.3) is 0 Å². The maximum absolute atomic E-state index is 6.45. The zero-order chi connectivity index (χ0) is 15.7. The minimum Gasteiger partial charge on any atom is -0.368 e. The Kier molecular flexibility index (Phi) is 5.38. The topological polar surface area (TPSA) is 24.5 Å². The predicted molar refractivity (Wildman–Crippen MR) is 89.7 cm³/mol. The Balaban J connectivity index is 2.12. The van der Waals surface area contributed by atoms with E-state index in [1.807, 2.05) is 0 Å². The maximum Gasteiger partial charge on any atom is 0.0790 e. The zero-order valence-electron chi connectivity index (χ0n) is 15.0. The van der Waals surface area contributed by atoms with Gasteiger partial charge in [-0.1, -0.05) is 13.8 Å². The number of hydrogen-bond donors (Lipinski definition) is 1. The van der Waals surface area contributed by atoms with Gasteiger partial charge >= 0.3 is 0 Å². The lowest BCUT2D eigenvalue weighted by molar-refractivity contribution is -0.0798. The van der Waals surface area contributed by atoms with Crippen LogP contribution in [-0.2, 0) is 4.74 Å². The van der Waals surface area contributed by atoms with Crippen molar-refractivity contribution in [1.29, 1.82) is 0 Å². The normalized spacial score (nSPS) is 35.4. The smallest absolute Gasteiger partial charge is 0.0790 e. The van der Waals surface area contributed by atoms with Gasteiger partial charge in [-0.05, 0) is 66.5 Å². The van der Waals surface area contributed by atoms with Crippen molar-refractivity contribution in [2.45, 2.75) is 90.5 Å². The molecule has 0 aromatic rings. The monoisotopic (exact) mass is 296 g/mol. The summed E-state index contributed by atoms with van der Waals surface area (Å²) in [7, 11) is 0. The average Bonchev–Trinajstić information content (AvgIpc) is 2.89. The fourth-order valence-electron chi connectivity index (χ4n) is 4.57. The fraction of sp³-hybridized carbons (Fsp3) is 1.00. The molecule has 2 heterocycles. The van der Waals surface area contributed by atoms with Crippen LogP contribution in [0.2, 0.25) is 0 Å². The molecule has 0 amide bonds. The first kappa shape index (κ1) is 17.2. The molecule has 2 aliphatic heterocycles. The summed E-state index contributed by atoms with van der Waals surface area (Å²) in [5, 5.41) is 3.78. The van der Waals surface area contributed by atoms with Crippen molar-refractivity contribution < 1.29 is 4.74 Å². The summed E-state index contributed by atoms with van der Waals surface area (Å²) in [5.41, 5.74) is -0.124. The van der Waals surface area contributed by atoms with Gasteiger partial charge in [-0.3, -0.25) is 4.90 Å². The molecule has 2 aliphatic rings. The van der Waals surface area contributed by atoms with E-state index in [9.17, 15) is 0 Å². The van der Waals surface area contributed by atoms with Crippen molar-refractivity contribution in [2.24, 2.45) is 5.92 Å². The Hall–Kier alpha value is -0.120. The molecule has 21 heavy (non-hydrogen) atoms. The molecule has 2 rings (SSSR count). The van der Waals surface area contributed by atoms with Gasteiger partial charge in [0.15, 0.2) is 0 Å². The lowest BCUT2D eigenvalue weighted by Gasteiger charge is -2.35. The summed E-state index contributed by atoms with van der Waals surface area (Å²) in [6.07, 6.45) is 5.20. The van der Waals surface area contributed by atoms with Crippen LogP contribution in [0.5, 0.6) is 0 Å². The number of likely N-dealkylation sites (tertiary alicyclic amines) is 1. The quantitative estimate of drug-likeness (QED) is 0.812. The second kappa shape index (κ2) is 6.55. The van der Waals surface area contributed by atoms with E-state index in [2.05, 4.69) is 51.8 Å². The first-order valence-corrected chi connectivity index (χ1v) is 8.99. The summed E-state index contributed by atoms with van der Waals surface area (Å²) in [6, 6.07) is 1.24. The Morgan fingerprint density at radius 1 is 1.14 bits per heavy atom. The van der Waals surface area contributed by atoms with Gasteiger partial charge < -0.3 is 10.1 Å². The second-order valence-electron chi connectivity index (χ2n) is 8.05. The van der Waals surface area contributed by atoms with Crippen molar-refractivity contribution in [3.05, 3.63) is 0 Å². The third kappa shape index (κ3) is 3.62. The number of ether oxygens (including phenoxy) is 1. The van der Waals surface area contributed by atoms with Gasteiger partial charge in [-0.15, -0.1) is 0 Å². The lowest BCUT2D eigenvalue weighted by atomic mass is 9.82. The molecule has 1 N–H and O–H groups in total. The first-order chi connectivity index (χ1) is 9.81. The molecular formula is C18H36N2O. The number of hydrogen-bond acceptors (Lipinski definition) is 3. The third-order valence-electron chi connectivity index (χ3n) is 5.59. The van der Waals surface area contributed by atoms with Gasteiger partial charge in [0.1, 0.15) is 0 Å². The fourth-order valence-corrected chi connectivity index (χ4v) is 4.57. The van der Waals surface area contributed by atoms with Crippen LogP contribution in [0.3, 0.4) is 0 Å². The van der Waals surface area contributed by atoms with Gasteiger partial charge in [-0.2, -0.15) is 0 Å². The van der Waals surface area contributed by atoms with Crippen molar-refractivity contribution in [1.82, 2.24) is 10.2 Å². The molecule has 3 unspecified atom stereocenters. The van der Waals surface area contributed by atoms with Gasteiger partial charge in [0.2, 0.25) is 0 Å². The molecule has 3 heteroatoms. The SMILES string of the molecule is CCCNC1C(CN2CCCC2CC)C(C)(C)OC1(C)C. The number of nitrogens with zero attached hydrogens (tertiary/aromatic N) is 1. The molecule has 2 fully saturated rings. The molecule has 3 nitrogen and oxygen atoms in total. The summed E-state index contributed by atoms with van der Waals surface area (Å²) >= 11 is 0. The van der Waals surface area contributed by atoms with Crippen molar-refractivity contribution in [2.75, 3.05) is 19.6 Å². The zero-order valence-corrected chi connectivity index (χ0v) is 15.0. The highest BCUT2D eigenvalue weighted by atomic mass is 16.5. The van der Waals surface area contributed by atoms with Crippen LogP contribution in [0.15, 0.2) is 0 Å². The van der Waals surface area contributed by atoms with Crippen LogP contribution in [0.25, 0.3) is 0 Å². The standard InChI is InChI=1S/C18H36N2O/c1-7-11-19-16-15(17(3,4)21-18(16,5)6)13-20-12-9-10-14(20)8-2/h14-16,19H,7-13H2,1-6H3. The van der Waals surface area contributed by atoms with Crippen LogP contribution >= 0.6 is 0 Å². The largest absolute Gasteiger partial charge is 0.368 e. The highest BCUT2D eigenvalue weighted by Gasteiger charge is 2.54.